The number of aromatic nitrogens is 4. The van der Waals surface area contributed by atoms with Gasteiger partial charge >= 0.3 is 0 Å². The first-order chi connectivity index (χ1) is 6.31. The highest BCUT2D eigenvalue weighted by atomic mass is 15.3. The summed E-state index contributed by atoms with van der Waals surface area (Å²) in [6, 6.07) is 0. The van der Waals surface area contributed by atoms with Crippen LogP contribution in [0.25, 0.3) is 5.69 Å². The Kier molecular flexibility index (Phi) is 1.86. The summed E-state index contributed by atoms with van der Waals surface area (Å²) in [5.74, 6) is 0. The molecule has 5 nitrogen and oxygen atoms in total. The predicted octanol–water partition coefficient (Wildman–Crippen LogP) is 0.0645. The van der Waals surface area contributed by atoms with Crippen molar-refractivity contribution in [3.05, 3.63) is 30.6 Å². The van der Waals surface area contributed by atoms with E-state index in [0.29, 0.717) is 6.54 Å². The van der Waals surface area contributed by atoms with E-state index in [4.69, 9.17) is 5.73 Å². The average molecular weight is 177 g/mol. The fourth-order valence-electron chi connectivity index (χ4n) is 1.24. The number of hydrogen-bond acceptors (Lipinski definition) is 3. The quantitative estimate of drug-likeness (QED) is 0.705. The van der Waals surface area contributed by atoms with Gasteiger partial charge < -0.3 is 5.73 Å². The summed E-state index contributed by atoms with van der Waals surface area (Å²) in [6.45, 7) is 0.481. The summed E-state index contributed by atoms with van der Waals surface area (Å²) in [6.07, 6.45) is 7.19. The zero-order chi connectivity index (χ0) is 9.26. The molecule has 0 aliphatic carbocycles. The van der Waals surface area contributed by atoms with Gasteiger partial charge in [-0.25, -0.2) is 4.98 Å². The Morgan fingerprint density at radius 1 is 1.46 bits per heavy atom. The van der Waals surface area contributed by atoms with Crippen LogP contribution in [0.15, 0.2) is 24.9 Å². The van der Waals surface area contributed by atoms with Crippen LogP contribution >= 0.6 is 0 Å². The fourth-order valence-corrected chi connectivity index (χ4v) is 1.24. The summed E-state index contributed by atoms with van der Waals surface area (Å²) in [5.41, 5.74) is 7.52. The maximum atomic E-state index is 5.55. The smallest absolute Gasteiger partial charge is 0.0995 e. The SMILES string of the molecule is Cn1cc(-n2cncc2CN)cn1. The molecule has 0 spiro atoms. The largest absolute Gasteiger partial charge is 0.325 e. The molecular formula is C8H11N5. The Labute approximate surface area is 75.8 Å². The van der Waals surface area contributed by atoms with Gasteiger partial charge in [0.25, 0.3) is 0 Å². The third-order valence-electron chi connectivity index (χ3n) is 1.89. The maximum absolute atomic E-state index is 5.55. The van der Waals surface area contributed by atoms with Crippen LogP contribution in [-0.4, -0.2) is 19.3 Å². The molecule has 0 saturated heterocycles. The predicted molar refractivity (Wildman–Crippen MR) is 48.2 cm³/mol. The first-order valence-electron chi connectivity index (χ1n) is 4.01. The molecule has 2 rings (SSSR count). The molecule has 0 aliphatic rings. The van der Waals surface area contributed by atoms with Crippen LogP contribution < -0.4 is 5.73 Å². The Morgan fingerprint density at radius 3 is 2.92 bits per heavy atom. The van der Waals surface area contributed by atoms with Crippen LogP contribution in [0.2, 0.25) is 0 Å². The van der Waals surface area contributed by atoms with Crippen molar-refractivity contribution < 1.29 is 0 Å². The van der Waals surface area contributed by atoms with Crippen LogP contribution in [0.3, 0.4) is 0 Å². The minimum Gasteiger partial charge on any atom is -0.325 e. The molecule has 0 bridgehead atoms. The van der Waals surface area contributed by atoms with E-state index in [9.17, 15) is 0 Å². The molecule has 2 N–H and O–H groups in total. The van der Waals surface area contributed by atoms with Gasteiger partial charge in [0.1, 0.15) is 0 Å². The molecule has 13 heavy (non-hydrogen) atoms. The molecule has 2 heterocycles. The Bertz CT molecular complexity index is 400. The van der Waals surface area contributed by atoms with Gasteiger partial charge in [0, 0.05) is 26.0 Å². The van der Waals surface area contributed by atoms with Crippen LogP contribution in [0.4, 0.5) is 0 Å². The lowest BCUT2D eigenvalue weighted by Crippen LogP contribution is -2.03. The number of imidazole rings is 1. The summed E-state index contributed by atoms with van der Waals surface area (Å²) < 4.78 is 3.67. The molecule has 5 heteroatoms. The molecule has 68 valence electrons. The number of nitrogens with zero attached hydrogens (tertiary/aromatic N) is 4. The van der Waals surface area contributed by atoms with Gasteiger partial charge in [-0.15, -0.1) is 0 Å². The van der Waals surface area contributed by atoms with E-state index >= 15 is 0 Å². The van der Waals surface area contributed by atoms with E-state index in [-0.39, 0.29) is 0 Å². The van der Waals surface area contributed by atoms with E-state index in [2.05, 4.69) is 10.1 Å². The molecule has 0 aliphatic heterocycles. The van der Waals surface area contributed by atoms with Crippen molar-refractivity contribution in [2.24, 2.45) is 12.8 Å². The van der Waals surface area contributed by atoms with Gasteiger partial charge in [-0.1, -0.05) is 0 Å². The molecular weight excluding hydrogens is 166 g/mol. The average Bonchev–Trinajstić information content (AvgIpc) is 2.71. The monoisotopic (exact) mass is 177 g/mol. The molecule has 0 amide bonds. The van der Waals surface area contributed by atoms with E-state index in [0.717, 1.165) is 11.4 Å². The van der Waals surface area contributed by atoms with E-state index in [1.165, 1.54) is 0 Å². The lowest BCUT2D eigenvalue weighted by molar-refractivity contribution is 0.767. The highest BCUT2D eigenvalue weighted by molar-refractivity contribution is 5.28. The van der Waals surface area contributed by atoms with Crippen molar-refractivity contribution in [1.29, 1.82) is 0 Å². The fraction of sp³-hybridized carbons (Fsp3) is 0.250. The summed E-state index contributed by atoms with van der Waals surface area (Å²) in [4.78, 5) is 4.02. The zero-order valence-corrected chi connectivity index (χ0v) is 7.38. The van der Waals surface area contributed by atoms with Crippen LogP contribution in [0.5, 0.6) is 0 Å². The van der Waals surface area contributed by atoms with E-state index < -0.39 is 0 Å². The maximum Gasteiger partial charge on any atom is 0.0995 e. The molecule has 0 aromatic carbocycles. The third-order valence-corrected chi connectivity index (χ3v) is 1.89. The second-order valence-electron chi connectivity index (χ2n) is 2.83. The number of aryl methyl sites for hydroxylation is 1. The first-order valence-corrected chi connectivity index (χ1v) is 4.01. The molecule has 2 aromatic heterocycles. The van der Waals surface area contributed by atoms with Crippen LogP contribution in [0, 0.1) is 0 Å². The zero-order valence-electron chi connectivity index (χ0n) is 7.38. The highest BCUT2D eigenvalue weighted by Crippen LogP contribution is 2.08. The molecule has 0 saturated carbocycles. The summed E-state index contributed by atoms with van der Waals surface area (Å²) in [5, 5.41) is 4.08. The van der Waals surface area contributed by atoms with Gasteiger partial charge in [-0.05, 0) is 0 Å². The third kappa shape index (κ3) is 1.33. The van der Waals surface area contributed by atoms with Crippen molar-refractivity contribution in [3.8, 4) is 5.69 Å². The van der Waals surface area contributed by atoms with Crippen molar-refractivity contribution in [2.75, 3.05) is 0 Å². The highest BCUT2D eigenvalue weighted by Gasteiger charge is 2.03. The Balaban J connectivity index is 2.45. The lowest BCUT2D eigenvalue weighted by Gasteiger charge is -2.01. The normalized spacial score (nSPS) is 10.6. The molecule has 2 aromatic rings. The number of nitrogens with two attached hydrogens (primary N) is 1. The molecule has 0 fully saturated rings. The second kappa shape index (κ2) is 3.02. The summed E-state index contributed by atoms with van der Waals surface area (Å²) >= 11 is 0. The molecule has 0 atom stereocenters. The van der Waals surface area contributed by atoms with E-state index in [1.807, 2.05) is 17.8 Å². The van der Waals surface area contributed by atoms with E-state index in [1.54, 1.807) is 23.4 Å². The van der Waals surface area contributed by atoms with Gasteiger partial charge in [-0.3, -0.25) is 9.25 Å². The lowest BCUT2D eigenvalue weighted by atomic mass is 10.4. The minimum atomic E-state index is 0.481. The topological polar surface area (TPSA) is 61.7 Å². The summed E-state index contributed by atoms with van der Waals surface area (Å²) in [7, 11) is 1.88. The number of hydrogen-bond donors (Lipinski definition) is 1. The van der Waals surface area contributed by atoms with Crippen molar-refractivity contribution in [1.82, 2.24) is 19.3 Å². The van der Waals surface area contributed by atoms with Crippen molar-refractivity contribution in [3.63, 3.8) is 0 Å². The minimum absolute atomic E-state index is 0.481. The molecule has 0 radical (unpaired) electrons. The Hall–Kier alpha value is -1.62. The van der Waals surface area contributed by atoms with Crippen LogP contribution in [0.1, 0.15) is 5.69 Å². The molecule has 0 unspecified atom stereocenters. The first kappa shape index (κ1) is 8.00. The van der Waals surface area contributed by atoms with Gasteiger partial charge in [-0.2, -0.15) is 5.10 Å². The van der Waals surface area contributed by atoms with Gasteiger partial charge in [0.15, 0.2) is 0 Å². The van der Waals surface area contributed by atoms with Gasteiger partial charge in [0.05, 0.1) is 23.9 Å². The van der Waals surface area contributed by atoms with Crippen molar-refractivity contribution >= 4 is 0 Å². The second-order valence-corrected chi connectivity index (χ2v) is 2.83. The Morgan fingerprint density at radius 2 is 2.31 bits per heavy atom. The number of rotatable bonds is 2. The van der Waals surface area contributed by atoms with Crippen molar-refractivity contribution in [2.45, 2.75) is 6.54 Å². The van der Waals surface area contributed by atoms with Crippen LogP contribution in [-0.2, 0) is 13.6 Å². The van der Waals surface area contributed by atoms with Gasteiger partial charge in [0.2, 0.25) is 0 Å². The standard InChI is InChI=1S/C8H11N5/c1-12-5-8(4-11-12)13-6-10-3-7(13)2-9/h3-6H,2,9H2,1H3.